The van der Waals surface area contributed by atoms with Crippen LogP contribution in [-0.4, -0.2) is 42.9 Å². The maximum Gasteiger partial charge on any atom is 0.227 e. The highest BCUT2D eigenvalue weighted by molar-refractivity contribution is 5.79. The second-order valence-electron chi connectivity index (χ2n) is 6.89. The lowest BCUT2D eigenvalue weighted by Gasteiger charge is -2.54. The summed E-state index contributed by atoms with van der Waals surface area (Å²) in [6.45, 7) is 8.74. The Morgan fingerprint density at radius 1 is 1.24 bits per heavy atom. The van der Waals surface area contributed by atoms with Crippen molar-refractivity contribution in [3.63, 3.8) is 0 Å². The van der Waals surface area contributed by atoms with Gasteiger partial charge in [0.25, 0.3) is 0 Å². The van der Waals surface area contributed by atoms with Gasteiger partial charge in [-0.1, -0.05) is 29.8 Å². The first-order valence-electron chi connectivity index (χ1n) is 7.49. The summed E-state index contributed by atoms with van der Waals surface area (Å²) >= 11 is 0. The summed E-state index contributed by atoms with van der Waals surface area (Å²) in [4.78, 5) is 14.2. The summed E-state index contributed by atoms with van der Waals surface area (Å²) in [5.41, 5.74) is 2.28. The molecule has 2 fully saturated rings. The van der Waals surface area contributed by atoms with Crippen molar-refractivity contribution in [2.45, 2.75) is 33.0 Å². The number of likely N-dealkylation sites (tertiary alicyclic amines) is 1. The van der Waals surface area contributed by atoms with Gasteiger partial charge in [-0.05, 0) is 26.3 Å². The smallest absolute Gasteiger partial charge is 0.227 e. The van der Waals surface area contributed by atoms with Crippen molar-refractivity contribution in [3.8, 4) is 0 Å². The van der Waals surface area contributed by atoms with Gasteiger partial charge in [-0.15, -0.1) is 0 Å². The molecule has 0 N–H and O–H groups in total. The standard InChI is InChI=1S/C17H23NO3/c1-13-5-4-6-14(7-13)8-15(19)18-9-17(10-18)11-20-16(2,3)21-12-17/h4-7H,8-12H2,1-3H3. The van der Waals surface area contributed by atoms with Gasteiger partial charge in [-0.2, -0.15) is 0 Å². The molecule has 2 saturated heterocycles. The minimum absolute atomic E-state index is 0.0117. The van der Waals surface area contributed by atoms with E-state index in [0.29, 0.717) is 19.6 Å². The number of hydrogen-bond acceptors (Lipinski definition) is 3. The summed E-state index contributed by atoms with van der Waals surface area (Å²) in [5.74, 6) is -0.298. The van der Waals surface area contributed by atoms with Gasteiger partial charge in [0.2, 0.25) is 5.91 Å². The molecule has 1 aromatic carbocycles. The minimum atomic E-state index is -0.489. The number of ether oxygens (including phenoxy) is 2. The summed E-state index contributed by atoms with van der Waals surface area (Å²) in [6.07, 6.45) is 0.477. The molecule has 0 aliphatic carbocycles. The molecule has 0 bridgehead atoms. The first kappa shape index (κ1) is 14.5. The molecule has 2 aliphatic rings. The number of nitrogens with zero attached hydrogens (tertiary/aromatic N) is 1. The first-order valence-corrected chi connectivity index (χ1v) is 7.49. The predicted octanol–water partition coefficient (Wildman–Crippen LogP) is 2.15. The van der Waals surface area contributed by atoms with E-state index in [9.17, 15) is 4.79 Å². The van der Waals surface area contributed by atoms with Crippen molar-refractivity contribution < 1.29 is 14.3 Å². The van der Waals surface area contributed by atoms with Crippen molar-refractivity contribution in [2.24, 2.45) is 5.41 Å². The van der Waals surface area contributed by atoms with Crippen molar-refractivity contribution in [1.29, 1.82) is 0 Å². The molecule has 1 spiro atoms. The van der Waals surface area contributed by atoms with E-state index in [2.05, 4.69) is 6.07 Å². The van der Waals surface area contributed by atoms with Gasteiger partial charge in [0.15, 0.2) is 5.79 Å². The average Bonchev–Trinajstić information content (AvgIpc) is 2.36. The number of rotatable bonds is 2. The van der Waals surface area contributed by atoms with E-state index >= 15 is 0 Å². The van der Waals surface area contributed by atoms with Crippen LogP contribution >= 0.6 is 0 Å². The van der Waals surface area contributed by atoms with E-state index in [0.717, 1.165) is 18.7 Å². The van der Waals surface area contributed by atoms with Gasteiger partial charge in [0, 0.05) is 13.1 Å². The van der Waals surface area contributed by atoms with Gasteiger partial charge in [0.05, 0.1) is 25.0 Å². The average molecular weight is 289 g/mol. The third kappa shape index (κ3) is 3.11. The van der Waals surface area contributed by atoms with Gasteiger partial charge >= 0.3 is 0 Å². The Hall–Kier alpha value is -1.39. The Bertz CT molecular complexity index is 535. The van der Waals surface area contributed by atoms with E-state index in [1.54, 1.807) is 0 Å². The van der Waals surface area contributed by atoms with Crippen LogP contribution in [0.1, 0.15) is 25.0 Å². The normalized spacial score (nSPS) is 22.9. The van der Waals surface area contributed by atoms with Crippen LogP contribution in [0, 0.1) is 12.3 Å². The Kier molecular flexibility index (Phi) is 3.54. The first-order chi connectivity index (χ1) is 9.88. The van der Waals surface area contributed by atoms with Gasteiger partial charge in [0.1, 0.15) is 0 Å². The van der Waals surface area contributed by atoms with E-state index in [1.165, 1.54) is 5.56 Å². The van der Waals surface area contributed by atoms with Gasteiger partial charge < -0.3 is 14.4 Å². The molecule has 114 valence electrons. The van der Waals surface area contributed by atoms with Crippen LogP contribution < -0.4 is 0 Å². The Morgan fingerprint density at radius 2 is 1.90 bits per heavy atom. The summed E-state index contributed by atoms with van der Waals surface area (Å²) in [6, 6.07) is 8.13. The summed E-state index contributed by atoms with van der Waals surface area (Å²) < 4.78 is 11.4. The Morgan fingerprint density at radius 3 is 2.52 bits per heavy atom. The van der Waals surface area contributed by atoms with Crippen LogP contribution in [-0.2, 0) is 20.7 Å². The molecule has 21 heavy (non-hydrogen) atoms. The highest BCUT2D eigenvalue weighted by atomic mass is 16.7. The molecule has 0 aromatic heterocycles. The SMILES string of the molecule is Cc1cccc(CC(=O)N2CC3(COC(C)(C)OC3)C2)c1. The zero-order valence-electron chi connectivity index (χ0n) is 13.0. The van der Waals surface area contributed by atoms with Crippen LogP contribution in [0.2, 0.25) is 0 Å². The maximum atomic E-state index is 12.3. The lowest BCUT2D eigenvalue weighted by Crippen LogP contribution is -2.66. The molecular weight excluding hydrogens is 266 g/mol. The van der Waals surface area contributed by atoms with Crippen LogP contribution in [0.4, 0.5) is 0 Å². The second-order valence-corrected chi connectivity index (χ2v) is 6.89. The van der Waals surface area contributed by atoms with E-state index in [1.807, 2.05) is 43.9 Å². The molecule has 1 amide bonds. The molecule has 3 rings (SSSR count). The monoisotopic (exact) mass is 289 g/mol. The molecule has 4 heteroatoms. The van der Waals surface area contributed by atoms with Crippen LogP contribution in [0.15, 0.2) is 24.3 Å². The van der Waals surface area contributed by atoms with E-state index in [4.69, 9.17) is 9.47 Å². The van der Waals surface area contributed by atoms with Crippen molar-refractivity contribution >= 4 is 5.91 Å². The molecule has 2 aliphatic heterocycles. The number of hydrogen-bond donors (Lipinski definition) is 0. The van der Waals surface area contributed by atoms with Gasteiger partial charge in [-0.25, -0.2) is 0 Å². The molecular formula is C17H23NO3. The highest BCUT2D eigenvalue weighted by Crippen LogP contribution is 2.37. The Labute approximate surface area is 126 Å². The topological polar surface area (TPSA) is 38.8 Å². The molecule has 0 radical (unpaired) electrons. The molecule has 1 aromatic rings. The molecule has 0 atom stereocenters. The molecule has 0 saturated carbocycles. The van der Waals surface area contributed by atoms with E-state index < -0.39 is 5.79 Å². The quantitative estimate of drug-likeness (QED) is 0.837. The summed E-state index contributed by atoms with van der Waals surface area (Å²) in [5, 5.41) is 0. The van der Waals surface area contributed by atoms with Crippen LogP contribution in [0.5, 0.6) is 0 Å². The largest absolute Gasteiger partial charge is 0.350 e. The number of carbonyl (C=O) groups excluding carboxylic acids is 1. The maximum absolute atomic E-state index is 12.3. The van der Waals surface area contributed by atoms with E-state index in [-0.39, 0.29) is 11.3 Å². The number of benzene rings is 1. The second kappa shape index (κ2) is 5.11. The number of aryl methyl sites for hydroxylation is 1. The zero-order chi connectivity index (χ0) is 15.1. The highest BCUT2D eigenvalue weighted by Gasteiger charge is 2.49. The third-order valence-electron chi connectivity index (χ3n) is 4.29. The molecule has 4 nitrogen and oxygen atoms in total. The summed E-state index contributed by atoms with van der Waals surface area (Å²) in [7, 11) is 0. The lowest BCUT2D eigenvalue weighted by atomic mass is 9.80. The van der Waals surface area contributed by atoms with Crippen molar-refractivity contribution in [3.05, 3.63) is 35.4 Å². The zero-order valence-corrected chi connectivity index (χ0v) is 13.0. The Balaban J connectivity index is 1.53. The fourth-order valence-corrected chi connectivity index (χ4v) is 2.97. The van der Waals surface area contributed by atoms with Gasteiger partial charge in [-0.3, -0.25) is 4.79 Å². The third-order valence-corrected chi connectivity index (χ3v) is 4.29. The van der Waals surface area contributed by atoms with Crippen LogP contribution in [0.3, 0.4) is 0 Å². The fourth-order valence-electron chi connectivity index (χ4n) is 2.97. The van der Waals surface area contributed by atoms with Crippen LogP contribution in [0.25, 0.3) is 0 Å². The molecule has 2 heterocycles. The number of carbonyl (C=O) groups is 1. The van der Waals surface area contributed by atoms with Crippen molar-refractivity contribution in [1.82, 2.24) is 4.90 Å². The predicted molar refractivity (Wildman–Crippen MR) is 79.9 cm³/mol. The molecule has 0 unspecified atom stereocenters. The van der Waals surface area contributed by atoms with Crippen molar-refractivity contribution in [2.75, 3.05) is 26.3 Å². The lowest BCUT2D eigenvalue weighted by molar-refractivity contribution is -0.302. The fraction of sp³-hybridized carbons (Fsp3) is 0.588. The minimum Gasteiger partial charge on any atom is -0.350 e. The number of amides is 1.